The summed E-state index contributed by atoms with van der Waals surface area (Å²) in [6.07, 6.45) is 4.51. The van der Waals surface area contributed by atoms with Gasteiger partial charge in [-0.2, -0.15) is 0 Å². The van der Waals surface area contributed by atoms with Gasteiger partial charge >= 0.3 is 0 Å². The summed E-state index contributed by atoms with van der Waals surface area (Å²) in [5.41, 5.74) is 4.30. The highest BCUT2D eigenvalue weighted by atomic mass is 16.3. The normalized spacial score (nSPS) is 10.8. The molecule has 2 aromatic carbocycles. The maximum atomic E-state index is 12.4. The number of carbonyl (C=O) groups excluding carboxylic acids is 1. The monoisotopic (exact) mass is 357 g/mol. The highest BCUT2D eigenvalue weighted by molar-refractivity contribution is 5.95. The number of aromatic nitrogens is 2. The fourth-order valence-corrected chi connectivity index (χ4v) is 2.96. The second-order valence-corrected chi connectivity index (χ2v) is 6.35. The number of nitrogens with one attached hydrogen (secondary N) is 1. The number of hydrogen-bond donors (Lipinski definition) is 2. The standard InChI is InChI=1S/C22H19N3O2/c26-19-8-6-16(7-9-19)10-12-23-22(27)18-11-13-25-15-20(24-21(25)14-18)17-4-2-1-3-5-17/h1-9,11,13-15,26H,10,12H2,(H,23,27). The number of carbonyl (C=O) groups is 1. The summed E-state index contributed by atoms with van der Waals surface area (Å²) >= 11 is 0. The molecule has 2 N–H and O–H groups in total. The van der Waals surface area contributed by atoms with Gasteiger partial charge in [0.25, 0.3) is 5.91 Å². The topological polar surface area (TPSA) is 66.6 Å². The summed E-state index contributed by atoms with van der Waals surface area (Å²) in [5, 5.41) is 12.2. The molecule has 0 aliphatic carbocycles. The summed E-state index contributed by atoms with van der Waals surface area (Å²) < 4.78 is 1.91. The molecule has 0 aliphatic heterocycles. The molecule has 5 nitrogen and oxygen atoms in total. The number of phenols is 1. The van der Waals surface area contributed by atoms with Gasteiger partial charge in [0.15, 0.2) is 0 Å². The third-order valence-corrected chi connectivity index (χ3v) is 4.43. The molecule has 134 valence electrons. The lowest BCUT2D eigenvalue weighted by atomic mass is 10.1. The number of rotatable bonds is 5. The summed E-state index contributed by atoms with van der Waals surface area (Å²) in [6, 6.07) is 20.5. The molecule has 0 radical (unpaired) electrons. The van der Waals surface area contributed by atoms with Crippen LogP contribution < -0.4 is 5.32 Å². The first-order valence-corrected chi connectivity index (χ1v) is 8.79. The zero-order valence-electron chi connectivity index (χ0n) is 14.7. The van der Waals surface area contributed by atoms with Crippen molar-refractivity contribution in [1.29, 1.82) is 0 Å². The lowest BCUT2D eigenvalue weighted by molar-refractivity contribution is 0.0954. The van der Waals surface area contributed by atoms with Crippen LogP contribution in [0.25, 0.3) is 16.9 Å². The maximum absolute atomic E-state index is 12.4. The van der Waals surface area contributed by atoms with Gasteiger partial charge in [-0.25, -0.2) is 4.98 Å². The van der Waals surface area contributed by atoms with Gasteiger partial charge in [0, 0.05) is 30.1 Å². The van der Waals surface area contributed by atoms with Gasteiger partial charge in [-0.05, 0) is 36.2 Å². The largest absolute Gasteiger partial charge is 0.508 e. The molecule has 2 aromatic heterocycles. The number of aromatic hydroxyl groups is 1. The highest BCUT2D eigenvalue weighted by Crippen LogP contribution is 2.19. The molecule has 4 rings (SSSR count). The Kier molecular flexibility index (Phi) is 4.58. The van der Waals surface area contributed by atoms with Crippen molar-refractivity contribution < 1.29 is 9.90 Å². The van der Waals surface area contributed by atoms with Crippen molar-refractivity contribution >= 4 is 11.6 Å². The first kappa shape index (κ1) is 16.8. The number of imidazole rings is 1. The summed E-state index contributed by atoms with van der Waals surface area (Å²) in [5.74, 6) is 0.117. The quantitative estimate of drug-likeness (QED) is 0.573. The Hall–Kier alpha value is -3.60. The SMILES string of the molecule is O=C(NCCc1ccc(O)cc1)c1ccn2cc(-c3ccccc3)nc2c1. The van der Waals surface area contributed by atoms with Crippen LogP contribution in [-0.4, -0.2) is 26.9 Å². The van der Waals surface area contributed by atoms with Crippen molar-refractivity contribution in [3.8, 4) is 17.0 Å². The molecule has 0 atom stereocenters. The average molecular weight is 357 g/mol. The minimum atomic E-state index is -0.125. The highest BCUT2D eigenvalue weighted by Gasteiger charge is 2.09. The first-order chi connectivity index (χ1) is 13.2. The van der Waals surface area contributed by atoms with Crippen LogP contribution in [-0.2, 0) is 6.42 Å². The predicted molar refractivity (Wildman–Crippen MR) is 105 cm³/mol. The Bertz CT molecular complexity index is 1070. The summed E-state index contributed by atoms with van der Waals surface area (Å²) in [4.78, 5) is 17.0. The number of amides is 1. The van der Waals surface area contributed by atoms with Gasteiger partial charge in [-0.15, -0.1) is 0 Å². The fourth-order valence-electron chi connectivity index (χ4n) is 2.96. The van der Waals surface area contributed by atoms with Crippen LogP contribution in [0.5, 0.6) is 5.75 Å². The molecule has 0 spiro atoms. The number of fused-ring (bicyclic) bond motifs is 1. The number of phenolic OH excluding ortho intramolecular Hbond substituents is 1. The molecule has 1 amide bonds. The number of nitrogens with zero attached hydrogens (tertiary/aromatic N) is 2. The molecule has 27 heavy (non-hydrogen) atoms. The van der Waals surface area contributed by atoms with E-state index in [4.69, 9.17) is 0 Å². The van der Waals surface area contributed by atoms with Crippen molar-refractivity contribution in [2.45, 2.75) is 6.42 Å². The van der Waals surface area contributed by atoms with Crippen LogP contribution in [0.3, 0.4) is 0 Å². The fraction of sp³-hybridized carbons (Fsp3) is 0.0909. The second-order valence-electron chi connectivity index (χ2n) is 6.35. The molecular formula is C22H19N3O2. The Morgan fingerprint density at radius 1 is 1.04 bits per heavy atom. The molecule has 2 heterocycles. The number of benzene rings is 2. The molecular weight excluding hydrogens is 338 g/mol. The van der Waals surface area contributed by atoms with E-state index in [1.54, 1.807) is 24.3 Å². The van der Waals surface area contributed by atoms with Crippen LogP contribution in [0.1, 0.15) is 15.9 Å². The van der Waals surface area contributed by atoms with Crippen molar-refractivity contribution in [2.24, 2.45) is 0 Å². The van der Waals surface area contributed by atoms with Gasteiger partial charge in [-0.3, -0.25) is 4.79 Å². The van der Waals surface area contributed by atoms with Gasteiger partial charge < -0.3 is 14.8 Å². The molecule has 0 fully saturated rings. The Labute approximate surface area is 156 Å². The van der Waals surface area contributed by atoms with Gasteiger partial charge in [-0.1, -0.05) is 42.5 Å². The zero-order valence-corrected chi connectivity index (χ0v) is 14.7. The lowest BCUT2D eigenvalue weighted by Gasteiger charge is -2.06. The van der Waals surface area contributed by atoms with Crippen LogP contribution in [0.2, 0.25) is 0 Å². The predicted octanol–water partition coefficient (Wildman–Crippen LogP) is 3.68. The molecule has 0 saturated carbocycles. The smallest absolute Gasteiger partial charge is 0.251 e. The van der Waals surface area contributed by atoms with Crippen molar-refractivity contribution in [1.82, 2.24) is 14.7 Å². The first-order valence-electron chi connectivity index (χ1n) is 8.79. The zero-order chi connectivity index (χ0) is 18.6. The van der Waals surface area contributed by atoms with Crippen LogP contribution in [0.4, 0.5) is 0 Å². The van der Waals surface area contributed by atoms with E-state index < -0.39 is 0 Å². The van der Waals surface area contributed by atoms with Crippen molar-refractivity contribution in [3.05, 3.63) is 90.3 Å². The van der Waals surface area contributed by atoms with Gasteiger partial charge in [0.05, 0.1) is 5.69 Å². The summed E-state index contributed by atoms with van der Waals surface area (Å²) in [6.45, 7) is 0.526. The molecule has 0 saturated heterocycles. The van der Waals surface area contributed by atoms with Crippen molar-refractivity contribution in [2.75, 3.05) is 6.54 Å². The van der Waals surface area contributed by atoms with Gasteiger partial charge in [0.1, 0.15) is 11.4 Å². The summed E-state index contributed by atoms with van der Waals surface area (Å²) in [7, 11) is 0. The van der Waals surface area contributed by atoms with Crippen LogP contribution in [0.15, 0.2) is 79.1 Å². The van der Waals surface area contributed by atoms with E-state index in [-0.39, 0.29) is 11.7 Å². The van der Waals surface area contributed by atoms with Gasteiger partial charge in [0.2, 0.25) is 0 Å². The van der Waals surface area contributed by atoms with E-state index in [1.807, 2.05) is 59.3 Å². The van der Waals surface area contributed by atoms with E-state index in [1.165, 1.54) is 0 Å². The Balaban J connectivity index is 1.45. The Morgan fingerprint density at radius 2 is 1.81 bits per heavy atom. The minimum absolute atomic E-state index is 0.125. The molecule has 0 aliphatic rings. The minimum Gasteiger partial charge on any atom is -0.508 e. The van der Waals surface area contributed by atoms with Crippen LogP contribution in [0, 0.1) is 0 Å². The number of hydrogen-bond acceptors (Lipinski definition) is 3. The maximum Gasteiger partial charge on any atom is 0.251 e. The molecule has 0 bridgehead atoms. The number of pyridine rings is 1. The van der Waals surface area contributed by atoms with E-state index >= 15 is 0 Å². The third-order valence-electron chi connectivity index (χ3n) is 4.43. The molecule has 0 unspecified atom stereocenters. The van der Waals surface area contributed by atoms with Crippen molar-refractivity contribution in [3.63, 3.8) is 0 Å². The van der Waals surface area contributed by atoms with Crippen LogP contribution >= 0.6 is 0 Å². The Morgan fingerprint density at radius 3 is 2.59 bits per heavy atom. The van der Waals surface area contributed by atoms with E-state index in [0.717, 1.165) is 22.5 Å². The second kappa shape index (κ2) is 7.33. The van der Waals surface area contributed by atoms with E-state index in [0.29, 0.717) is 18.5 Å². The average Bonchev–Trinajstić information content (AvgIpc) is 3.13. The molecule has 5 heteroatoms. The van der Waals surface area contributed by atoms with E-state index in [9.17, 15) is 9.90 Å². The lowest BCUT2D eigenvalue weighted by Crippen LogP contribution is -2.25. The van der Waals surface area contributed by atoms with E-state index in [2.05, 4.69) is 10.3 Å². The third kappa shape index (κ3) is 3.82. The molecule has 4 aromatic rings.